The minimum Gasteiger partial charge on any atom is -0.384 e. The Morgan fingerprint density at radius 3 is 2.30 bits per heavy atom. The van der Waals surface area contributed by atoms with Crippen LogP contribution < -0.4 is 17.0 Å². The van der Waals surface area contributed by atoms with E-state index in [0.717, 1.165) is 9.13 Å². The van der Waals surface area contributed by atoms with Crippen molar-refractivity contribution in [1.82, 2.24) is 18.9 Å². The Hall–Kier alpha value is -3.27. The summed E-state index contributed by atoms with van der Waals surface area (Å²) in [6.07, 6.45) is 0. The van der Waals surface area contributed by atoms with Gasteiger partial charge in [-0.3, -0.25) is 28.4 Å². The molecule has 0 radical (unpaired) electrons. The third-order valence-corrected chi connectivity index (χ3v) is 5.43. The molecule has 0 aliphatic carbocycles. The maximum atomic E-state index is 13.7. The van der Waals surface area contributed by atoms with Gasteiger partial charge in [0.2, 0.25) is 0 Å². The van der Waals surface area contributed by atoms with E-state index in [9.17, 15) is 23.6 Å². The number of anilines is 1. The zero-order valence-electron chi connectivity index (χ0n) is 17.1. The van der Waals surface area contributed by atoms with Crippen molar-refractivity contribution in [1.29, 1.82) is 0 Å². The first-order valence-corrected chi connectivity index (χ1v) is 9.48. The summed E-state index contributed by atoms with van der Waals surface area (Å²) < 4.78 is 15.7. The smallest absolute Gasteiger partial charge is 0.332 e. The fourth-order valence-electron chi connectivity index (χ4n) is 3.42. The molecule has 1 saturated heterocycles. The number of amides is 1. The number of hydrogen-bond acceptors (Lipinski definition) is 6. The van der Waals surface area contributed by atoms with Gasteiger partial charge in [-0.1, -0.05) is 6.07 Å². The standard InChI is InChI=1S/C20H24FN5O4/c1-12-4-5-13(10-14(12)21)18(28)26-8-6-25(7-9-26)11-15(27)16-17(22)23(2)20(30)24(3)19(16)29/h4-5,10H,6-9,11,22H2,1-3H3. The average molecular weight is 417 g/mol. The average Bonchev–Trinajstić information content (AvgIpc) is 2.73. The van der Waals surface area contributed by atoms with E-state index in [-0.39, 0.29) is 29.4 Å². The Balaban J connectivity index is 1.67. The summed E-state index contributed by atoms with van der Waals surface area (Å²) in [5.74, 6) is -1.34. The number of piperazine rings is 1. The lowest BCUT2D eigenvalue weighted by molar-refractivity contribution is 0.0623. The van der Waals surface area contributed by atoms with Gasteiger partial charge >= 0.3 is 5.69 Å². The van der Waals surface area contributed by atoms with Gasteiger partial charge in [-0.15, -0.1) is 0 Å². The molecule has 3 rings (SSSR count). The maximum Gasteiger partial charge on any atom is 0.332 e. The predicted octanol–water partition coefficient (Wildman–Crippen LogP) is -0.246. The van der Waals surface area contributed by atoms with Crippen LogP contribution in [-0.4, -0.2) is 63.3 Å². The number of nitrogens with two attached hydrogens (primary N) is 1. The van der Waals surface area contributed by atoms with Crippen LogP contribution in [0.15, 0.2) is 27.8 Å². The normalized spacial score (nSPS) is 14.7. The summed E-state index contributed by atoms with van der Waals surface area (Å²) in [6, 6.07) is 4.39. The van der Waals surface area contributed by atoms with Crippen molar-refractivity contribution >= 4 is 17.5 Å². The molecular formula is C20H24FN5O4. The lowest BCUT2D eigenvalue weighted by atomic mass is 10.1. The van der Waals surface area contributed by atoms with Gasteiger partial charge in [0.25, 0.3) is 11.5 Å². The number of ketones is 1. The Labute approximate surface area is 172 Å². The largest absolute Gasteiger partial charge is 0.384 e. The first-order chi connectivity index (χ1) is 14.1. The highest BCUT2D eigenvalue weighted by atomic mass is 19.1. The molecule has 9 nitrogen and oxygen atoms in total. The van der Waals surface area contributed by atoms with E-state index >= 15 is 0 Å². The first-order valence-electron chi connectivity index (χ1n) is 9.48. The van der Waals surface area contributed by atoms with Gasteiger partial charge in [0.1, 0.15) is 17.2 Å². The second kappa shape index (κ2) is 8.23. The van der Waals surface area contributed by atoms with E-state index in [1.807, 2.05) is 4.90 Å². The van der Waals surface area contributed by atoms with Crippen molar-refractivity contribution < 1.29 is 14.0 Å². The van der Waals surface area contributed by atoms with Crippen molar-refractivity contribution in [3.05, 3.63) is 61.5 Å². The highest BCUT2D eigenvalue weighted by Crippen LogP contribution is 2.14. The van der Waals surface area contributed by atoms with Crippen molar-refractivity contribution in [2.75, 3.05) is 38.5 Å². The van der Waals surface area contributed by atoms with Crippen molar-refractivity contribution in [2.45, 2.75) is 6.92 Å². The van der Waals surface area contributed by atoms with Crippen LogP contribution >= 0.6 is 0 Å². The second-order valence-electron chi connectivity index (χ2n) is 7.42. The van der Waals surface area contributed by atoms with Gasteiger partial charge in [-0.25, -0.2) is 9.18 Å². The monoisotopic (exact) mass is 417 g/mol. The Morgan fingerprint density at radius 2 is 1.70 bits per heavy atom. The van der Waals surface area contributed by atoms with Gasteiger partial charge in [0, 0.05) is 45.8 Å². The van der Waals surface area contributed by atoms with E-state index in [4.69, 9.17) is 5.73 Å². The number of nitrogen functional groups attached to an aromatic ring is 1. The van der Waals surface area contributed by atoms with E-state index in [0.29, 0.717) is 31.7 Å². The minimum atomic E-state index is -0.726. The van der Waals surface area contributed by atoms with E-state index in [2.05, 4.69) is 0 Å². The molecule has 10 heteroatoms. The highest BCUT2D eigenvalue weighted by Gasteiger charge is 2.26. The van der Waals surface area contributed by atoms with Crippen LogP contribution in [0.5, 0.6) is 0 Å². The second-order valence-corrected chi connectivity index (χ2v) is 7.42. The topological polar surface area (TPSA) is 111 Å². The number of aromatic nitrogens is 2. The molecule has 0 spiro atoms. The molecule has 0 bridgehead atoms. The third kappa shape index (κ3) is 3.90. The quantitative estimate of drug-likeness (QED) is 0.687. The number of Topliss-reactive ketones (excluding diaryl/α,β-unsaturated/α-hetero) is 1. The van der Waals surface area contributed by atoms with Crippen molar-refractivity contribution in [2.24, 2.45) is 14.1 Å². The molecule has 1 amide bonds. The summed E-state index contributed by atoms with van der Waals surface area (Å²) in [6.45, 7) is 3.13. The molecular weight excluding hydrogens is 393 g/mol. The summed E-state index contributed by atoms with van der Waals surface area (Å²) in [5, 5.41) is 0. The molecule has 160 valence electrons. The highest BCUT2D eigenvalue weighted by molar-refractivity contribution is 6.01. The molecule has 30 heavy (non-hydrogen) atoms. The zero-order valence-corrected chi connectivity index (χ0v) is 17.1. The maximum absolute atomic E-state index is 13.7. The summed E-state index contributed by atoms with van der Waals surface area (Å²) in [5.41, 5.74) is 5.04. The Kier molecular flexibility index (Phi) is 5.88. The van der Waals surface area contributed by atoms with Gasteiger partial charge in [0.05, 0.1) is 6.54 Å². The van der Waals surface area contributed by atoms with E-state index < -0.39 is 22.8 Å². The van der Waals surface area contributed by atoms with Gasteiger partial charge in [-0.05, 0) is 24.6 Å². The number of halogens is 1. The van der Waals surface area contributed by atoms with Crippen LogP contribution in [0.4, 0.5) is 10.2 Å². The van der Waals surface area contributed by atoms with Crippen LogP contribution in [0.1, 0.15) is 26.3 Å². The number of aryl methyl sites for hydroxylation is 1. The van der Waals surface area contributed by atoms with Gasteiger partial charge in [-0.2, -0.15) is 0 Å². The Bertz CT molecular complexity index is 1130. The van der Waals surface area contributed by atoms with E-state index in [1.54, 1.807) is 24.0 Å². The fraction of sp³-hybridized carbons (Fsp3) is 0.400. The Morgan fingerprint density at radius 1 is 1.07 bits per heavy atom. The number of benzene rings is 1. The van der Waals surface area contributed by atoms with Crippen molar-refractivity contribution in [3.63, 3.8) is 0 Å². The zero-order chi connectivity index (χ0) is 22.2. The number of carbonyl (C=O) groups is 2. The van der Waals surface area contributed by atoms with Gasteiger partial charge in [0.15, 0.2) is 5.78 Å². The molecule has 1 aliphatic heterocycles. The summed E-state index contributed by atoms with van der Waals surface area (Å²) in [4.78, 5) is 52.9. The summed E-state index contributed by atoms with van der Waals surface area (Å²) >= 11 is 0. The molecule has 1 aromatic carbocycles. The van der Waals surface area contributed by atoms with Crippen LogP contribution in [0.2, 0.25) is 0 Å². The van der Waals surface area contributed by atoms with Crippen molar-refractivity contribution in [3.8, 4) is 0 Å². The molecule has 2 heterocycles. The van der Waals surface area contributed by atoms with Crippen LogP contribution in [-0.2, 0) is 14.1 Å². The van der Waals surface area contributed by atoms with Gasteiger partial charge < -0.3 is 10.6 Å². The van der Waals surface area contributed by atoms with Crippen LogP contribution in [0, 0.1) is 12.7 Å². The number of rotatable bonds is 4. The minimum absolute atomic E-state index is 0.0567. The molecule has 1 fully saturated rings. The number of carbonyl (C=O) groups excluding carboxylic acids is 2. The first kappa shape index (κ1) is 21.4. The molecule has 0 unspecified atom stereocenters. The molecule has 1 aromatic heterocycles. The summed E-state index contributed by atoms with van der Waals surface area (Å²) in [7, 11) is 2.69. The van der Waals surface area contributed by atoms with E-state index in [1.165, 1.54) is 20.2 Å². The van der Waals surface area contributed by atoms with Crippen LogP contribution in [0.3, 0.4) is 0 Å². The predicted molar refractivity (Wildman–Crippen MR) is 109 cm³/mol. The van der Waals surface area contributed by atoms with Crippen LogP contribution in [0.25, 0.3) is 0 Å². The lowest BCUT2D eigenvalue weighted by Crippen LogP contribution is -2.50. The molecule has 2 N–H and O–H groups in total. The third-order valence-electron chi connectivity index (χ3n) is 5.43. The number of nitrogens with zero attached hydrogens (tertiary/aromatic N) is 4. The molecule has 0 atom stereocenters. The molecule has 1 aliphatic rings. The molecule has 2 aromatic rings. The number of hydrogen-bond donors (Lipinski definition) is 1. The SMILES string of the molecule is Cc1ccc(C(=O)N2CCN(CC(=O)c3c(N)n(C)c(=O)n(C)c3=O)CC2)cc1F. The fourth-order valence-corrected chi connectivity index (χ4v) is 3.42. The lowest BCUT2D eigenvalue weighted by Gasteiger charge is -2.34. The molecule has 0 saturated carbocycles.